The Kier molecular flexibility index (Phi) is 13.5. The summed E-state index contributed by atoms with van der Waals surface area (Å²) < 4.78 is 10.7. The van der Waals surface area contributed by atoms with E-state index in [0.717, 1.165) is 19.3 Å². The predicted molar refractivity (Wildman–Crippen MR) is 146 cm³/mol. The third kappa shape index (κ3) is 9.01. The minimum Gasteiger partial charge on any atom is -0.493 e. The number of unbranched alkanes of at least 4 members (excludes halogenated alkanes) is 2. The second kappa shape index (κ2) is 16.8. The van der Waals surface area contributed by atoms with Gasteiger partial charge in [-0.25, -0.2) is 19.8 Å². The monoisotopic (exact) mass is 557 g/mol. The molecule has 3 N–H and O–H groups in total. The first-order valence-corrected chi connectivity index (χ1v) is 13.6. The second-order valence-electron chi connectivity index (χ2n) is 8.92. The molecule has 2 aromatic rings. The Morgan fingerprint density at radius 2 is 1.85 bits per heavy atom. The third-order valence-corrected chi connectivity index (χ3v) is 6.22. The molecular weight excluding hydrogens is 518 g/mol. The summed E-state index contributed by atoms with van der Waals surface area (Å²) in [5, 5.41) is 15.8. The van der Waals surface area contributed by atoms with Crippen molar-refractivity contribution >= 4 is 24.2 Å². The molecule has 218 valence electrons. The number of hydroxylamine groups is 2. The molecule has 12 heteroatoms. The summed E-state index contributed by atoms with van der Waals surface area (Å²) in [7, 11) is 0. The molecule has 0 radical (unpaired) electrons. The highest BCUT2D eigenvalue weighted by Gasteiger charge is 2.30. The van der Waals surface area contributed by atoms with Gasteiger partial charge in [0.1, 0.15) is 17.0 Å². The van der Waals surface area contributed by atoms with Gasteiger partial charge in [-0.2, -0.15) is 0 Å². The van der Waals surface area contributed by atoms with Crippen LogP contribution >= 0.6 is 0 Å². The standard InChI is InChI=1S/C28H39N5O7/c1-5-9-10-11-20(23(6-2)33(38)18-34)26(35)30-17-31-27(36)22-14-15-29-25(32-22)19-12-13-21(28(37)40-8-4)24(16-19)39-7-3/h12-16,18,20,23,38H,5-11,17H2,1-4H3,(H,30,35)(H,31,36)/t20-,23-/m1/s1. The van der Waals surface area contributed by atoms with Crippen LogP contribution in [0.1, 0.15) is 80.6 Å². The zero-order valence-corrected chi connectivity index (χ0v) is 23.5. The highest BCUT2D eigenvalue weighted by molar-refractivity contribution is 5.94. The Morgan fingerprint density at radius 3 is 2.50 bits per heavy atom. The molecule has 0 spiro atoms. The van der Waals surface area contributed by atoms with E-state index in [1.807, 2.05) is 6.92 Å². The van der Waals surface area contributed by atoms with Gasteiger partial charge in [0.05, 0.1) is 31.8 Å². The van der Waals surface area contributed by atoms with E-state index in [1.54, 1.807) is 39.0 Å². The van der Waals surface area contributed by atoms with Gasteiger partial charge in [-0.15, -0.1) is 0 Å². The molecule has 0 aliphatic heterocycles. The van der Waals surface area contributed by atoms with E-state index in [0.29, 0.717) is 42.2 Å². The lowest BCUT2D eigenvalue weighted by Crippen LogP contribution is -2.47. The Labute approximate surface area is 234 Å². The van der Waals surface area contributed by atoms with E-state index in [-0.39, 0.29) is 36.3 Å². The molecule has 0 aliphatic carbocycles. The van der Waals surface area contributed by atoms with Crippen molar-refractivity contribution in [3.05, 3.63) is 41.7 Å². The van der Waals surface area contributed by atoms with Gasteiger partial charge in [0.25, 0.3) is 5.91 Å². The Hall–Kier alpha value is -4.06. The molecular formula is C28H39N5O7. The fourth-order valence-electron chi connectivity index (χ4n) is 4.22. The molecule has 2 rings (SSSR count). The molecule has 0 fully saturated rings. The van der Waals surface area contributed by atoms with E-state index in [1.165, 1.54) is 12.3 Å². The van der Waals surface area contributed by atoms with Crippen molar-refractivity contribution in [2.24, 2.45) is 5.92 Å². The fraction of sp³-hybridized carbons (Fsp3) is 0.500. The minimum absolute atomic E-state index is 0.0695. The van der Waals surface area contributed by atoms with Gasteiger partial charge in [-0.1, -0.05) is 39.2 Å². The molecule has 1 aromatic carbocycles. The van der Waals surface area contributed by atoms with Crippen LogP contribution in [0.3, 0.4) is 0 Å². The molecule has 12 nitrogen and oxygen atoms in total. The molecule has 0 aliphatic rings. The predicted octanol–water partition coefficient (Wildman–Crippen LogP) is 3.35. The lowest BCUT2D eigenvalue weighted by atomic mass is 9.90. The van der Waals surface area contributed by atoms with Crippen molar-refractivity contribution in [3.8, 4) is 17.1 Å². The number of esters is 1. The van der Waals surface area contributed by atoms with Gasteiger partial charge < -0.3 is 20.1 Å². The van der Waals surface area contributed by atoms with Crippen LogP contribution in [-0.4, -0.2) is 70.4 Å². The zero-order valence-electron chi connectivity index (χ0n) is 23.5. The summed E-state index contributed by atoms with van der Waals surface area (Å²) in [6.45, 7) is 7.71. The first-order valence-electron chi connectivity index (χ1n) is 13.6. The molecule has 0 saturated carbocycles. The van der Waals surface area contributed by atoms with Gasteiger partial charge in [-0.05, 0) is 44.9 Å². The van der Waals surface area contributed by atoms with E-state index < -0.39 is 23.8 Å². The van der Waals surface area contributed by atoms with Crippen molar-refractivity contribution < 1.29 is 33.9 Å². The summed E-state index contributed by atoms with van der Waals surface area (Å²) in [4.78, 5) is 57.6. The van der Waals surface area contributed by atoms with Gasteiger partial charge in [0.15, 0.2) is 5.82 Å². The number of nitrogens with one attached hydrogen (secondary N) is 2. The molecule has 1 heterocycles. The number of aromatic nitrogens is 2. The van der Waals surface area contributed by atoms with Crippen LogP contribution in [0.25, 0.3) is 11.4 Å². The summed E-state index contributed by atoms with van der Waals surface area (Å²) in [6.07, 6.45) is 5.24. The molecule has 0 unspecified atom stereocenters. The third-order valence-electron chi connectivity index (χ3n) is 6.22. The second-order valence-corrected chi connectivity index (χ2v) is 8.92. The largest absolute Gasteiger partial charge is 0.493 e. The summed E-state index contributed by atoms with van der Waals surface area (Å²) in [5.74, 6) is -1.50. The fourth-order valence-corrected chi connectivity index (χ4v) is 4.22. The number of rotatable bonds is 17. The molecule has 0 saturated heterocycles. The molecule has 2 atom stereocenters. The number of ether oxygens (including phenoxy) is 2. The number of hydrogen-bond donors (Lipinski definition) is 3. The average molecular weight is 558 g/mol. The van der Waals surface area contributed by atoms with Crippen LogP contribution in [0.2, 0.25) is 0 Å². The van der Waals surface area contributed by atoms with Gasteiger partial charge in [0.2, 0.25) is 12.3 Å². The van der Waals surface area contributed by atoms with Crippen LogP contribution < -0.4 is 15.4 Å². The van der Waals surface area contributed by atoms with Crippen molar-refractivity contribution in [1.82, 2.24) is 25.7 Å². The smallest absolute Gasteiger partial charge is 0.341 e. The van der Waals surface area contributed by atoms with Crippen LogP contribution in [0.5, 0.6) is 5.75 Å². The van der Waals surface area contributed by atoms with Crippen LogP contribution in [0, 0.1) is 5.92 Å². The van der Waals surface area contributed by atoms with Crippen molar-refractivity contribution in [1.29, 1.82) is 0 Å². The highest BCUT2D eigenvalue weighted by Crippen LogP contribution is 2.26. The first kappa shape index (κ1) is 32.2. The quantitative estimate of drug-likeness (QED) is 0.0662. The number of amides is 3. The maximum atomic E-state index is 12.9. The van der Waals surface area contributed by atoms with Crippen molar-refractivity contribution in [2.75, 3.05) is 19.9 Å². The van der Waals surface area contributed by atoms with Gasteiger partial charge in [0, 0.05) is 11.8 Å². The number of benzene rings is 1. The molecule has 3 amide bonds. The van der Waals surface area contributed by atoms with Gasteiger partial charge in [-0.3, -0.25) is 19.6 Å². The molecule has 40 heavy (non-hydrogen) atoms. The maximum Gasteiger partial charge on any atom is 0.341 e. The van der Waals surface area contributed by atoms with E-state index in [9.17, 15) is 24.4 Å². The molecule has 0 bridgehead atoms. The zero-order chi connectivity index (χ0) is 29.5. The summed E-state index contributed by atoms with van der Waals surface area (Å²) in [6, 6.07) is 5.57. The lowest BCUT2D eigenvalue weighted by molar-refractivity contribution is -0.168. The SMILES string of the molecule is CCCCC[C@@H](C(=O)NCNC(=O)c1ccnc(-c2ccc(C(=O)OCC)c(OCC)c2)n1)[C@@H](CC)N(O)C=O. The number of hydrogen-bond acceptors (Lipinski definition) is 9. The highest BCUT2D eigenvalue weighted by atomic mass is 16.5. The van der Waals surface area contributed by atoms with Crippen LogP contribution in [0.15, 0.2) is 30.5 Å². The van der Waals surface area contributed by atoms with Crippen LogP contribution in [0.4, 0.5) is 0 Å². The van der Waals surface area contributed by atoms with Crippen molar-refractivity contribution in [3.63, 3.8) is 0 Å². The number of carbonyl (C=O) groups is 4. The summed E-state index contributed by atoms with van der Waals surface area (Å²) in [5.41, 5.74) is 0.872. The normalized spacial score (nSPS) is 12.1. The van der Waals surface area contributed by atoms with Crippen molar-refractivity contribution in [2.45, 2.75) is 65.8 Å². The Morgan fingerprint density at radius 1 is 1.07 bits per heavy atom. The average Bonchev–Trinajstić information content (AvgIpc) is 2.96. The first-order chi connectivity index (χ1) is 19.3. The lowest BCUT2D eigenvalue weighted by Gasteiger charge is -2.29. The minimum atomic E-state index is -0.675. The van der Waals surface area contributed by atoms with E-state index in [4.69, 9.17) is 9.47 Å². The number of nitrogens with zero attached hydrogens (tertiary/aromatic N) is 3. The maximum absolute atomic E-state index is 12.9. The summed E-state index contributed by atoms with van der Waals surface area (Å²) >= 11 is 0. The topological polar surface area (TPSA) is 160 Å². The van der Waals surface area contributed by atoms with E-state index in [2.05, 4.69) is 20.6 Å². The molecule has 1 aromatic heterocycles. The Bertz CT molecular complexity index is 1140. The van der Waals surface area contributed by atoms with E-state index >= 15 is 0 Å². The van der Waals surface area contributed by atoms with Crippen LogP contribution in [-0.2, 0) is 14.3 Å². The number of carbonyl (C=O) groups excluding carboxylic acids is 4. The van der Waals surface area contributed by atoms with Gasteiger partial charge >= 0.3 is 5.97 Å². The Balaban J connectivity index is 2.11.